The van der Waals surface area contributed by atoms with Gasteiger partial charge in [0.05, 0.1) is 7.11 Å². The molecule has 1 amide bonds. The van der Waals surface area contributed by atoms with Crippen LogP contribution in [-0.4, -0.2) is 29.8 Å². The van der Waals surface area contributed by atoms with E-state index in [0.717, 1.165) is 22.8 Å². The van der Waals surface area contributed by atoms with Crippen molar-refractivity contribution in [1.82, 2.24) is 9.97 Å². The molecule has 1 aliphatic rings. The fraction of sp³-hybridized carbons (Fsp3) is 0.150. The van der Waals surface area contributed by atoms with Crippen molar-refractivity contribution in [2.24, 2.45) is 0 Å². The summed E-state index contributed by atoms with van der Waals surface area (Å²) >= 11 is 0. The largest absolute Gasteiger partial charge is 0.497 e. The third-order valence-corrected chi connectivity index (χ3v) is 4.16. The standard InChI is InChI=1S/C20H18N4O4/c1-26-15-5-3-14(4-6-15)24-20(25)16-9-19(23-11-22-16)21-10-13-2-7-17-18(8-13)28-12-27-17/h2-9,11H,10,12H2,1H3,(H,24,25)(H,21,22,23). The van der Waals surface area contributed by atoms with E-state index in [1.165, 1.54) is 6.33 Å². The number of rotatable bonds is 6. The lowest BCUT2D eigenvalue weighted by Gasteiger charge is -2.09. The average molecular weight is 378 g/mol. The second-order valence-electron chi connectivity index (χ2n) is 6.01. The molecular weight excluding hydrogens is 360 g/mol. The van der Waals surface area contributed by atoms with Gasteiger partial charge >= 0.3 is 0 Å². The molecule has 2 heterocycles. The number of anilines is 2. The molecule has 2 aromatic carbocycles. The SMILES string of the molecule is COc1ccc(NC(=O)c2cc(NCc3ccc4c(c3)OCO4)ncn2)cc1. The van der Waals surface area contributed by atoms with Crippen molar-refractivity contribution in [3.05, 3.63) is 66.1 Å². The summed E-state index contributed by atoms with van der Waals surface area (Å²) in [5.74, 6) is 2.41. The molecule has 142 valence electrons. The molecule has 1 aromatic heterocycles. The average Bonchev–Trinajstić information content (AvgIpc) is 3.21. The molecule has 2 N–H and O–H groups in total. The summed E-state index contributed by atoms with van der Waals surface area (Å²) < 4.78 is 15.8. The highest BCUT2D eigenvalue weighted by Crippen LogP contribution is 2.32. The van der Waals surface area contributed by atoms with Crippen molar-refractivity contribution < 1.29 is 19.0 Å². The Kier molecular flexibility index (Phi) is 4.92. The second kappa shape index (κ2) is 7.83. The van der Waals surface area contributed by atoms with Gasteiger partial charge in [0.25, 0.3) is 5.91 Å². The van der Waals surface area contributed by atoms with Crippen LogP contribution >= 0.6 is 0 Å². The molecule has 8 heteroatoms. The van der Waals surface area contributed by atoms with Gasteiger partial charge in [-0.1, -0.05) is 6.07 Å². The number of nitrogens with zero attached hydrogens (tertiary/aromatic N) is 2. The van der Waals surface area contributed by atoms with Crippen molar-refractivity contribution in [2.75, 3.05) is 24.5 Å². The number of benzene rings is 2. The molecule has 8 nitrogen and oxygen atoms in total. The number of amides is 1. The maximum Gasteiger partial charge on any atom is 0.274 e. The Bertz CT molecular complexity index is 992. The van der Waals surface area contributed by atoms with Gasteiger partial charge in [-0.25, -0.2) is 9.97 Å². The van der Waals surface area contributed by atoms with Crippen LogP contribution in [0.15, 0.2) is 54.9 Å². The molecule has 1 aliphatic heterocycles. The predicted molar refractivity (Wildman–Crippen MR) is 103 cm³/mol. The minimum Gasteiger partial charge on any atom is -0.497 e. The van der Waals surface area contributed by atoms with Gasteiger partial charge in [-0.3, -0.25) is 4.79 Å². The predicted octanol–water partition coefficient (Wildman–Crippen LogP) is 3.08. The number of methoxy groups -OCH3 is 1. The fourth-order valence-corrected chi connectivity index (χ4v) is 2.69. The van der Waals surface area contributed by atoms with Gasteiger partial charge in [0.2, 0.25) is 6.79 Å². The van der Waals surface area contributed by atoms with Crippen LogP contribution in [0.2, 0.25) is 0 Å². The van der Waals surface area contributed by atoms with E-state index >= 15 is 0 Å². The summed E-state index contributed by atoms with van der Waals surface area (Å²) in [6, 6.07) is 14.4. The van der Waals surface area contributed by atoms with Gasteiger partial charge in [-0.05, 0) is 42.0 Å². The van der Waals surface area contributed by atoms with Crippen molar-refractivity contribution in [2.45, 2.75) is 6.54 Å². The minimum absolute atomic E-state index is 0.241. The Morgan fingerprint density at radius 3 is 2.71 bits per heavy atom. The zero-order chi connectivity index (χ0) is 19.3. The van der Waals surface area contributed by atoms with Crippen LogP contribution in [-0.2, 0) is 6.54 Å². The number of fused-ring (bicyclic) bond motifs is 1. The van der Waals surface area contributed by atoms with Gasteiger partial charge in [0, 0.05) is 18.3 Å². The second-order valence-corrected chi connectivity index (χ2v) is 6.01. The molecule has 0 fully saturated rings. The van der Waals surface area contributed by atoms with E-state index < -0.39 is 0 Å². The zero-order valence-electron chi connectivity index (χ0n) is 15.1. The van der Waals surface area contributed by atoms with Crippen LogP contribution in [0.4, 0.5) is 11.5 Å². The van der Waals surface area contributed by atoms with Crippen molar-refractivity contribution in [3.8, 4) is 17.2 Å². The Balaban J connectivity index is 1.40. The van der Waals surface area contributed by atoms with Crippen molar-refractivity contribution in [3.63, 3.8) is 0 Å². The molecule has 0 aliphatic carbocycles. The molecule has 4 rings (SSSR count). The van der Waals surface area contributed by atoms with Gasteiger partial charge in [-0.2, -0.15) is 0 Å². The van der Waals surface area contributed by atoms with Crippen LogP contribution in [0.3, 0.4) is 0 Å². The van der Waals surface area contributed by atoms with E-state index in [1.807, 2.05) is 18.2 Å². The quantitative estimate of drug-likeness (QED) is 0.681. The highest BCUT2D eigenvalue weighted by atomic mass is 16.7. The topological polar surface area (TPSA) is 94.6 Å². The third kappa shape index (κ3) is 3.96. The maximum atomic E-state index is 12.4. The molecule has 0 atom stereocenters. The summed E-state index contributed by atoms with van der Waals surface area (Å²) in [4.78, 5) is 20.6. The fourth-order valence-electron chi connectivity index (χ4n) is 2.69. The van der Waals surface area contributed by atoms with Gasteiger partial charge in [-0.15, -0.1) is 0 Å². The Hall–Kier alpha value is -3.81. The van der Waals surface area contributed by atoms with Crippen LogP contribution < -0.4 is 24.8 Å². The first kappa shape index (κ1) is 17.6. The van der Waals surface area contributed by atoms with Crippen molar-refractivity contribution >= 4 is 17.4 Å². The maximum absolute atomic E-state index is 12.4. The number of carbonyl (C=O) groups is 1. The van der Waals surface area contributed by atoms with Crippen LogP contribution in [0.5, 0.6) is 17.2 Å². The van der Waals surface area contributed by atoms with E-state index in [0.29, 0.717) is 18.1 Å². The highest BCUT2D eigenvalue weighted by Gasteiger charge is 2.13. The Morgan fingerprint density at radius 1 is 1.07 bits per heavy atom. The number of hydrogen-bond acceptors (Lipinski definition) is 7. The van der Waals surface area contributed by atoms with Crippen LogP contribution in [0.25, 0.3) is 0 Å². The third-order valence-electron chi connectivity index (χ3n) is 4.16. The van der Waals surface area contributed by atoms with Crippen molar-refractivity contribution in [1.29, 1.82) is 0 Å². The Labute approximate surface area is 161 Å². The number of hydrogen-bond donors (Lipinski definition) is 2. The lowest BCUT2D eigenvalue weighted by atomic mass is 10.2. The first-order valence-electron chi connectivity index (χ1n) is 8.61. The summed E-state index contributed by atoms with van der Waals surface area (Å²) in [5.41, 5.74) is 1.92. The summed E-state index contributed by atoms with van der Waals surface area (Å²) in [6.45, 7) is 0.762. The van der Waals surface area contributed by atoms with Gasteiger partial charge in [0.1, 0.15) is 23.6 Å². The van der Waals surface area contributed by atoms with E-state index in [-0.39, 0.29) is 18.4 Å². The molecular formula is C20H18N4O4. The molecule has 0 radical (unpaired) electrons. The molecule has 0 unspecified atom stereocenters. The smallest absolute Gasteiger partial charge is 0.274 e. The Morgan fingerprint density at radius 2 is 1.89 bits per heavy atom. The molecule has 3 aromatic rings. The van der Waals surface area contributed by atoms with E-state index in [4.69, 9.17) is 14.2 Å². The van der Waals surface area contributed by atoms with Crippen LogP contribution in [0, 0.1) is 0 Å². The molecule has 0 saturated carbocycles. The number of nitrogens with one attached hydrogen (secondary N) is 2. The van der Waals surface area contributed by atoms with Gasteiger partial charge in [0.15, 0.2) is 11.5 Å². The number of aromatic nitrogens is 2. The molecule has 0 saturated heterocycles. The number of ether oxygens (including phenoxy) is 3. The monoisotopic (exact) mass is 378 g/mol. The highest BCUT2D eigenvalue weighted by molar-refractivity contribution is 6.03. The summed E-state index contributed by atoms with van der Waals surface area (Å²) in [7, 11) is 1.59. The normalized spacial score (nSPS) is 11.8. The summed E-state index contributed by atoms with van der Waals surface area (Å²) in [5, 5.41) is 5.98. The molecule has 28 heavy (non-hydrogen) atoms. The van der Waals surface area contributed by atoms with Gasteiger partial charge < -0.3 is 24.8 Å². The lowest BCUT2D eigenvalue weighted by molar-refractivity contribution is 0.102. The van der Waals surface area contributed by atoms with E-state index in [1.54, 1.807) is 37.4 Å². The van der Waals surface area contributed by atoms with E-state index in [9.17, 15) is 4.79 Å². The molecule has 0 bridgehead atoms. The first-order chi connectivity index (χ1) is 13.7. The molecule has 0 spiro atoms. The zero-order valence-corrected chi connectivity index (χ0v) is 15.1. The summed E-state index contributed by atoms with van der Waals surface area (Å²) in [6.07, 6.45) is 1.35. The number of carbonyl (C=O) groups excluding carboxylic acids is 1. The van der Waals surface area contributed by atoms with Crippen LogP contribution in [0.1, 0.15) is 16.1 Å². The first-order valence-corrected chi connectivity index (χ1v) is 8.61. The lowest BCUT2D eigenvalue weighted by Crippen LogP contribution is -2.14. The minimum atomic E-state index is -0.321. The van der Waals surface area contributed by atoms with E-state index in [2.05, 4.69) is 20.6 Å².